The Labute approximate surface area is 310 Å². The molecule has 16 heteroatoms. The van der Waals surface area contributed by atoms with Crippen LogP contribution < -0.4 is 10.6 Å². The highest BCUT2D eigenvalue weighted by Gasteiger charge is 2.44. The molecule has 0 unspecified atom stereocenters. The monoisotopic (exact) mass is 739 g/mol. The van der Waals surface area contributed by atoms with E-state index in [4.69, 9.17) is 9.47 Å². The van der Waals surface area contributed by atoms with Crippen molar-refractivity contribution in [2.45, 2.75) is 136 Å². The van der Waals surface area contributed by atoms with Crippen LogP contribution in [0.2, 0.25) is 0 Å². The molecule has 4 amide bonds. The maximum absolute atomic E-state index is 14.3. The van der Waals surface area contributed by atoms with Gasteiger partial charge in [-0.3, -0.25) is 24.1 Å². The Morgan fingerprint density at radius 1 is 0.923 bits per heavy atom. The molecule has 1 rings (SSSR count). The SMILES string of the molecule is CC[C@H](C)[C@@H]([C@@H](CC(=O)N1CCC[C@H]1[C@H](OC)[C@@H](C)C(=O)N[C@H](C(=O)O)[C@@H](C)CC)OC)N(C)C(=O)[C@@H](NC(=O)[C@H](C(C)C)N(C)C)[C@H](C)N=[N+]=[N-]. The summed E-state index contributed by atoms with van der Waals surface area (Å²) in [5.74, 6) is -3.91. The number of ether oxygens (including phenoxy) is 2. The number of likely N-dealkylation sites (N-methyl/N-ethyl adjacent to an activating group) is 2. The summed E-state index contributed by atoms with van der Waals surface area (Å²) in [6.07, 6.45) is 0.963. The van der Waals surface area contributed by atoms with E-state index in [1.807, 2.05) is 34.6 Å². The van der Waals surface area contributed by atoms with E-state index in [9.17, 15) is 34.6 Å². The first-order valence-corrected chi connectivity index (χ1v) is 18.5. The van der Waals surface area contributed by atoms with E-state index in [1.54, 1.807) is 51.7 Å². The molecule has 3 N–H and O–H groups in total. The van der Waals surface area contributed by atoms with E-state index >= 15 is 0 Å². The summed E-state index contributed by atoms with van der Waals surface area (Å²) in [6, 6.07) is -4.72. The molecule has 1 heterocycles. The number of methoxy groups -OCH3 is 2. The third-order valence-corrected chi connectivity index (χ3v) is 10.8. The molecule has 0 saturated carbocycles. The average Bonchev–Trinajstić information content (AvgIpc) is 3.57. The maximum atomic E-state index is 14.3. The minimum atomic E-state index is -1.17. The molecule has 1 aliphatic heterocycles. The lowest BCUT2D eigenvalue weighted by atomic mass is 9.89. The molecule has 11 atom stereocenters. The van der Waals surface area contributed by atoms with Crippen LogP contribution in [0.15, 0.2) is 5.11 Å². The van der Waals surface area contributed by atoms with Crippen molar-refractivity contribution >= 4 is 29.6 Å². The molecule has 0 aliphatic carbocycles. The number of carbonyl (C=O) groups is 5. The smallest absolute Gasteiger partial charge is 0.326 e. The van der Waals surface area contributed by atoms with Crippen LogP contribution in [0.5, 0.6) is 0 Å². The van der Waals surface area contributed by atoms with Crippen LogP contribution in [-0.2, 0) is 33.4 Å². The summed E-state index contributed by atoms with van der Waals surface area (Å²) in [4.78, 5) is 74.9. The molecule has 0 bridgehead atoms. The molecule has 1 aliphatic rings. The summed E-state index contributed by atoms with van der Waals surface area (Å²) in [6.45, 7) is 15.0. The van der Waals surface area contributed by atoms with Gasteiger partial charge in [-0.25, -0.2) is 4.79 Å². The Morgan fingerprint density at radius 2 is 1.50 bits per heavy atom. The molecule has 1 fully saturated rings. The van der Waals surface area contributed by atoms with Crippen LogP contribution in [0.1, 0.15) is 87.5 Å². The normalized spacial score (nSPS) is 20.4. The number of carbonyl (C=O) groups excluding carboxylic acids is 4. The maximum Gasteiger partial charge on any atom is 0.326 e. The largest absolute Gasteiger partial charge is 0.480 e. The quantitative estimate of drug-likeness (QED) is 0.0845. The second-order valence-corrected chi connectivity index (χ2v) is 14.9. The van der Waals surface area contributed by atoms with Gasteiger partial charge in [-0.2, -0.15) is 0 Å². The molecule has 0 spiro atoms. The lowest BCUT2D eigenvalue weighted by molar-refractivity contribution is -0.148. The van der Waals surface area contributed by atoms with Crippen molar-refractivity contribution in [1.29, 1.82) is 0 Å². The molecule has 1 saturated heterocycles. The number of rotatable bonds is 22. The standard InChI is InChI=1S/C36H66N8O8/c1-14-21(5)28(36(49)50)38-33(46)23(7)32(52-13)25-17-16-18-44(25)27(45)19-26(51-12)31(22(6)15-2)43(11)35(48)29(24(8)40-41-37)39-34(47)30(20(3)4)42(9)10/h20-26,28-32H,14-19H2,1-13H3,(H,38,46)(H,39,47)(H,49,50)/t21-,22-,23+,24-,25-,26+,28-,29-,30-,31-,32+/m0/s1. The molecule has 52 heavy (non-hydrogen) atoms. The van der Waals surface area contributed by atoms with Gasteiger partial charge in [0.2, 0.25) is 23.6 Å². The number of azide groups is 1. The minimum Gasteiger partial charge on any atom is -0.480 e. The first-order valence-electron chi connectivity index (χ1n) is 18.5. The van der Waals surface area contributed by atoms with Gasteiger partial charge >= 0.3 is 5.97 Å². The van der Waals surface area contributed by atoms with E-state index in [2.05, 4.69) is 20.7 Å². The summed E-state index contributed by atoms with van der Waals surface area (Å²) >= 11 is 0. The Bertz CT molecular complexity index is 1240. The van der Waals surface area contributed by atoms with Crippen molar-refractivity contribution in [3.05, 3.63) is 10.4 Å². The van der Waals surface area contributed by atoms with Gasteiger partial charge in [0.05, 0.1) is 48.7 Å². The first kappa shape index (κ1) is 46.6. The number of hydrogen-bond donors (Lipinski definition) is 3. The Morgan fingerprint density at radius 3 is 1.96 bits per heavy atom. The number of hydrogen-bond acceptors (Lipinski definition) is 9. The Balaban J connectivity index is 3.38. The van der Waals surface area contributed by atoms with Crippen molar-refractivity contribution in [2.24, 2.45) is 28.8 Å². The number of carboxylic acid groups (broad SMARTS) is 1. The van der Waals surface area contributed by atoms with Crippen molar-refractivity contribution in [3.8, 4) is 0 Å². The lowest BCUT2D eigenvalue weighted by Crippen LogP contribution is -2.60. The highest BCUT2D eigenvalue weighted by Crippen LogP contribution is 2.30. The lowest BCUT2D eigenvalue weighted by Gasteiger charge is -2.41. The van der Waals surface area contributed by atoms with E-state index in [0.717, 1.165) is 0 Å². The molecule has 298 valence electrons. The van der Waals surface area contributed by atoms with Crippen molar-refractivity contribution in [1.82, 2.24) is 25.3 Å². The minimum absolute atomic E-state index is 0.0640. The predicted octanol–water partition coefficient (Wildman–Crippen LogP) is 3.29. The zero-order valence-electron chi connectivity index (χ0n) is 33.7. The van der Waals surface area contributed by atoms with Crippen LogP contribution in [0.25, 0.3) is 10.4 Å². The zero-order chi connectivity index (χ0) is 40.0. The number of carboxylic acids is 1. The molecule has 0 aromatic carbocycles. The van der Waals surface area contributed by atoms with Gasteiger partial charge in [-0.15, -0.1) is 0 Å². The van der Waals surface area contributed by atoms with Crippen LogP contribution in [0.3, 0.4) is 0 Å². The fraction of sp³-hybridized carbons (Fsp3) is 0.861. The summed E-state index contributed by atoms with van der Waals surface area (Å²) in [5.41, 5.74) is 9.22. The van der Waals surface area contributed by atoms with Crippen LogP contribution >= 0.6 is 0 Å². The first-order chi connectivity index (χ1) is 24.3. The second-order valence-electron chi connectivity index (χ2n) is 14.9. The summed E-state index contributed by atoms with van der Waals surface area (Å²) in [5, 5.41) is 19.0. The van der Waals surface area contributed by atoms with Gasteiger partial charge in [0.15, 0.2) is 0 Å². The summed E-state index contributed by atoms with van der Waals surface area (Å²) < 4.78 is 11.8. The van der Waals surface area contributed by atoms with Gasteiger partial charge in [-0.05, 0) is 50.2 Å². The van der Waals surface area contributed by atoms with E-state index in [0.29, 0.717) is 32.2 Å². The van der Waals surface area contributed by atoms with E-state index in [-0.39, 0.29) is 36.0 Å². The van der Waals surface area contributed by atoms with Crippen molar-refractivity contribution in [2.75, 3.05) is 41.9 Å². The van der Waals surface area contributed by atoms with Gasteiger partial charge in [-0.1, -0.05) is 73.3 Å². The fourth-order valence-electron chi connectivity index (χ4n) is 7.40. The molecule has 0 radical (unpaired) electrons. The average molecular weight is 739 g/mol. The van der Waals surface area contributed by atoms with E-state index in [1.165, 1.54) is 19.1 Å². The highest BCUT2D eigenvalue weighted by molar-refractivity contribution is 5.91. The molecule has 0 aromatic rings. The van der Waals surface area contributed by atoms with E-state index < -0.39 is 72.2 Å². The van der Waals surface area contributed by atoms with Crippen LogP contribution in [0, 0.1) is 23.7 Å². The van der Waals surface area contributed by atoms with Gasteiger partial charge in [0, 0.05) is 32.7 Å². The molecular weight excluding hydrogens is 672 g/mol. The number of aliphatic carboxylic acids is 1. The number of nitrogens with one attached hydrogen (secondary N) is 2. The zero-order valence-corrected chi connectivity index (χ0v) is 33.7. The Kier molecular flexibility index (Phi) is 19.6. The van der Waals surface area contributed by atoms with Crippen molar-refractivity contribution in [3.63, 3.8) is 0 Å². The third-order valence-electron chi connectivity index (χ3n) is 10.8. The molecule has 0 aromatic heterocycles. The van der Waals surface area contributed by atoms with Gasteiger partial charge in [0.1, 0.15) is 12.1 Å². The number of nitrogens with zero attached hydrogens (tertiary/aromatic N) is 6. The predicted molar refractivity (Wildman–Crippen MR) is 198 cm³/mol. The third kappa shape index (κ3) is 12.0. The summed E-state index contributed by atoms with van der Waals surface area (Å²) in [7, 11) is 8.13. The van der Waals surface area contributed by atoms with Gasteiger partial charge < -0.3 is 35.0 Å². The highest BCUT2D eigenvalue weighted by atomic mass is 16.5. The molecular formula is C36H66N8O8. The van der Waals surface area contributed by atoms with Crippen LogP contribution in [-0.4, -0.2) is 140 Å². The topological polar surface area (TPSA) is 207 Å². The fourth-order valence-corrected chi connectivity index (χ4v) is 7.40. The molecule has 16 nitrogen and oxygen atoms in total. The van der Waals surface area contributed by atoms with Crippen molar-refractivity contribution < 1.29 is 38.6 Å². The number of amides is 4. The number of likely N-dealkylation sites (tertiary alicyclic amines) is 1. The Hall–Kier alpha value is -3.46. The van der Waals surface area contributed by atoms with Gasteiger partial charge in [0.25, 0.3) is 0 Å². The van der Waals surface area contributed by atoms with Crippen LogP contribution in [0.4, 0.5) is 0 Å². The second kappa shape index (κ2) is 21.9.